The fraction of sp³-hybridized carbons (Fsp3) is 0.217. The van der Waals surface area contributed by atoms with Gasteiger partial charge in [-0.3, -0.25) is 14.3 Å². The quantitative estimate of drug-likeness (QED) is 0.590. The third-order valence-electron chi connectivity index (χ3n) is 5.60. The number of hydrogen-bond donors (Lipinski definition) is 1. The van der Waals surface area contributed by atoms with Crippen LogP contribution in [0.2, 0.25) is 0 Å². The molecule has 0 radical (unpaired) electrons. The van der Waals surface area contributed by atoms with Crippen molar-refractivity contribution >= 4 is 5.52 Å². The molecule has 0 aliphatic carbocycles. The molecule has 2 aromatic carbocycles. The minimum Gasteiger partial charge on any atom is -0.508 e. The highest BCUT2D eigenvalue weighted by atomic mass is 16.3. The van der Waals surface area contributed by atoms with Crippen molar-refractivity contribution in [2.45, 2.75) is 19.4 Å². The van der Waals surface area contributed by atoms with Crippen molar-refractivity contribution in [3.05, 3.63) is 84.1 Å². The lowest BCUT2D eigenvalue weighted by atomic mass is 9.98. The minimum atomic E-state index is 0.367. The minimum absolute atomic E-state index is 0.367. The van der Waals surface area contributed by atoms with E-state index in [0.717, 1.165) is 47.8 Å². The van der Waals surface area contributed by atoms with E-state index in [1.807, 2.05) is 48.9 Å². The van der Waals surface area contributed by atoms with Gasteiger partial charge < -0.3 is 5.11 Å². The number of nitrogens with zero attached hydrogens (tertiary/aromatic N) is 4. The highest BCUT2D eigenvalue weighted by Crippen LogP contribution is 2.32. The Bertz CT molecular complexity index is 1140. The van der Waals surface area contributed by atoms with Crippen LogP contribution < -0.4 is 0 Å². The number of phenolic OH excluding ortho intramolecular Hbond substituents is 1. The van der Waals surface area contributed by atoms with Gasteiger partial charge in [-0.1, -0.05) is 42.5 Å². The largest absolute Gasteiger partial charge is 0.508 e. The fourth-order valence-corrected chi connectivity index (χ4v) is 4.04. The number of para-hydroxylation sites is 1. The Hall–Kier alpha value is -3.18. The van der Waals surface area contributed by atoms with Gasteiger partial charge in [0.05, 0.1) is 17.4 Å². The van der Waals surface area contributed by atoms with E-state index in [4.69, 9.17) is 4.98 Å². The van der Waals surface area contributed by atoms with Gasteiger partial charge in [-0.25, -0.2) is 4.98 Å². The molecular formula is C23H22N4O. The van der Waals surface area contributed by atoms with Gasteiger partial charge in [0, 0.05) is 49.1 Å². The van der Waals surface area contributed by atoms with Crippen LogP contribution in [0.5, 0.6) is 5.75 Å². The average molecular weight is 370 g/mol. The highest BCUT2D eigenvalue weighted by Gasteiger charge is 2.31. The lowest BCUT2D eigenvalue weighted by Crippen LogP contribution is -2.44. The number of likely N-dealkylation sites (tertiary alicyclic amines) is 1. The Morgan fingerprint density at radius 2 is 1.82 bits per heavy atom. The second-order valence-corrected chi connectivity index (χ2v) is 7.48. The summed E-state index contributed by atoms with van der Waals surface area (Å²) in [5.41, 5.74) is 5.35. The summed E-state index contributed by atoms with van der Waals surface area (Å²) in [5.74, 6) is 1.84. The standard InChI is InChI=1S/C23H22N4O/c1-16-6-2-4-8-19(16)22-20-12-25-23(27(20)11-10-24-22)18-14-26(15-18)13-17-7-3-5-9-21(17)28/h2-12,18,28H,13-15H2,1H3. The molecule has 0 amide bonds. The summed E-state index contributed by atoms with van der Waals surface area (Å²) < 4.78 is 2.18. The third kappa shape index (κ3) is 2.84. The van der Waals surface area contributed by atoms with Crippen molar-refractivity contribution in [1.29, 1.82) is 0 Å². The van der Waals surface area contributed by atoms with E-state index in [1.54, 1.807) is 6.07 Å². The van der Waals surface area contributed by atoms with E-state index in [0.29, 0.717) is 11.7 Å². The van der Waals surface area contributed by atoms with Crippen LogP contribution in [0.25, 0.3) is 16.8 Å². The summed E-state index contributed by atoms with van der Waals surface area (Å²) in [7, 11) is 0. The Balaban J connectivity index is 1.39. The van der Waals surface area contributed by atoms with Crippen molar-refractivity contribution in [1.82, 2.24) is 19.3 Å². The molecule has 0 bridgehead atoms. The molecule has 5 rings (SSSR count). The maximum absolute atomic E-state index is 9.98. The molecule has 3 heterocycles. The summed E-state index contributed by atoms with van der Waals surface area (Å²) in [5, 5.41) is 9.98. The van der Waals surface area contributed by atoms with Crippen molar-refractivity contribution in [3.8, 4) is 17.0 Å². The first-order chi connectivity index (χ1) is 13.7. The smallest absolute Gasteiger partial charge is 0.120 e. The zero-order valence-electron chi connectivity index (χ0n) is 15.8. The number of aryl methyl sites for hydroxylation is 1. The van der Waals surface area contributed by atoms with Crippen molar-refractivity contribution in [2.75, 3.05) is 13.1 Å². The molecule has 0 atom stereocenters. The molecule has 1 fully saturated rings. The van der Waals surface area contributed by atoms with Gasteiger partial charge >= 0.3 is 0 Å². The summed E-state index contributed by atoms with van der Waals surface area (Å²) >= 11 is 0. The van der Waals surface area contributed by atoms with Crippen LogP contribution in [0, 0.1) is 6.92 Å². The van der Waals surface area contributed by atoms with Crippen LogP contribution in [-0.4, -0.2) is 37.5 Å². The first kappa shape index (κ1) is 17.0. The molecule has 1 saturated heterocycles. The zero-order chi connectivity index (χ0) is 19.1. The predicted octanol–water partition coefficient (Wildman–Crippen LogP) is 4.01. The molecule has 4 aromatic rings. The zero-order valence-corrected chi connectivity index (χ0v) is 15.8. The van der Waals surface area contributed by atoms with Crippen LogP contribution in [0.15, 0.2) is 67.1 Å². The predicted molar refractivity (Wildman–Crippen MR) is 109 cm³/mol. The van der Waals surface area contributed by atoms with E-state index in [-0.39, 0.29) is 0 Å². The van der Waals surface area contributed by atoms with E-state index in [2.05, 4.69) is 33.3 Å². The highest BCUT2D eigenvalue weighted by molar-refractivity contribution is 5.78. The second kappa shape index (κ2) is 6.77. The van der Waals surface area contributed by atoms with Gasteiger partial charge in [-0.15, -0.1) is 0 Å². The summed E-state index contributed by atoms with van der Waals surface area (Å²) in [6.45, 7) is 4.76. The number of phenols is 1. The molecule has 0 saturated carbocycles. The number of fused-ring (bicyclic) bond motifs is 1. The molecule has 140 valence electrons. The lowest BCUT2D eigenvalue weighted by molar-refractivity contribution is 0.133. The van der Waals surface area contributed by atoms with Crippen LogP contribution in [0.4, 0.5) is 0 Å². The van der Waals surface area contributed by atoms with Gasteiger partial charge in [0.15, 0.2) is 0 Å². The Labute approximate surface area is 163 Å². The number of rotatable bonds is 4. The summed E-state index contributed by atoms with van der Waals surface area (Å²) in [6, 6.07) is 15.9. The molecule has 1 aliphatic rings. The number of imidazole rings is 1. The van der Waals surface area contributed by atoms with Gasteiger partial charge in [0.1, 0.15) is 11.6 Å². The molecule has 1 N–H and O–H groups in total. The maximum atomic E-state index is 9.98. The normalized spacial score (nSPS) is 15.0. The molecule has 1 aliphatic heterocycles. The van der Waals surface area contributed by atoms with Crippen molar-refractivity contribution in [3.63, 3.8) is 0 Å². The van der Waals surface area contributed by atoms with E-state index < -0.39 is 0 Å². The molecular weight excluding hydrogens is 348 g/mol. The molecule has 2 aromatic heterocycles. The summed E-state index contributed by atoms with van der Waals surface area (Å²) in [6.07, 6.45) is 5.80. The first-order valence-corrected chi connectivity index (χ1v) is 9.58. The van der Waals surface area contributed by atoms with Gasteiger partial charge in [0.2, 0.25) is 0 Å². The second-order valence-electron chi connectivity index (χ2n) is 7.48. The van der Waals surface area contributed by atoms with Crippen molar-refractivity contribution < 1.29 is 5.11 Å². The third-order valence-corrected chi connectivity index (χ3v) is 5.60. The number of benzene rings is 2. The SMILES string of the molecule is Cc1ccccc1-c1nccn2c(C3CN(Cc4ccccc4O)C3)ncc12. The van der Waals surface area contributed by atoms with E-state index in [9.17, 15) is 5.11 Å². The Morgan fingerprint density at radius 3 is 2.64 bits per heavy atom. The molecule has 0 spiro atoms. The van der Waals surface area contributed by atoms with E-state index in [1.165, 1.54) is 5.56 Å². The van der Waals surface area contributed by atoms with Gasteiger partial charge in [-0.05, 0) is 18.6 Å². The molecule has 5 heteroatoms. The average Bonchev–Trinajstić information content (AvgIpc) is 3.10. The lowest BCUT2D eigenvalue weighted by Gasteiger charge is -2.38. The molecule has 5 nitrogen and oxygen atoms in total. The van der Waals surface area contributed by atoms with Crippen LogP contribution in [0.3, 0.4) is 0 Å². The Kier molecular flexibility index (Phi) is 4.10. The number of aromatic hydroxyl groups is 1. The van der Waals surface area contributed by atoms with Gasteiger partial charge in [-0.2, -0.15) is 0 Å². The van der Waals surface area contributed by atoms with Crippen molar-refractivity contribution in [2.24, 2.45) is 0 Å². The van der Waals surface area contributed by atoms with Crippen LogP contribution in [-0.2, 0) is 6.54 Å². The fourth-order valence-electron chi connectivity index (χ4n) is 4.04. The van der Waals surface area contributed by atoms with Crippen LogP contribution >= 0.6 is 0 Å². The van der Waals surface area contributed by atoms with Crippen LogP contribution in [0.1, 0.15) is 22.9 Å². The number of hydrogen-bond acceptors (Lipinski definition) is 4. The molecule has 0 unspecified atom stereocenters. The van der Waals surface area contributed by atoms with Gasteiger partial charge in [0.25, 0.3) is 0 Å². The summed E-state index contributed by atoms with van der Waals surface area (Å²) in [4.78, 5) is 11.7. The maximum Gasteiger partial charge on any atom is 0.120 e. The Morgan fingerprint density at radius 1 is 1.04 bits per heavy atom. The topological polar surface area (TPSA) is 53.7 Å². The van der Waals surface area contributed by atoms with E-state index >= 15 is 0 Å². The first-order valence-electron chi connectivity index (χ1n) is 9.58. The number of aromatic nitrogens is 3. The molecule has 28 heavy (non-hydrogen) atoms. The monoisotopic (exact) mass is 370 g/mol.